The van der Waals surface area contributed by atoms with Gasteiger partial charge in [-0.15, -0.1) is 11.3 Å². The van der Waals surface area contributed by atoms with E-state index in [1.54, 1.807) is 0 Å². The van der Waals surface area contributed by atoms with E-state index in [-0.39, 0.29) is 0 Å². The normalized spacial score (nSPS) is 11.9. The van der Waals surface area contributed by atoms with Crippen LogP contribution in [0.15, 0.2) is 221 Å². The summed E-state index contributed by atoms with van der Waals surface area (Å²) in [6.07, 6.45) is 0. The van der Waals surface area contributed by atoms with Crippen molar-refractivity contribution in [3.63, 3.8) is 0 Å². The van der Waals surface area contributed by atoms with Crippen molar-refractivity contribution in [2.24, 2.45) is 0 Å². The maximum Gasteiger partial charge on any atom is 0.143 e. The average Bonchev–Trinajstić information content (AvgIpc) is 4.02. The molecule has 0 unspecified atom stereocenters. The van der Waals surface area contributed by atoms with Crippen LogP contribution in [0.3, 0.4) is 0 Å². The molecule has 13 rings (SSSR count). The van der Waals surface area contributed by atoms with Crippen LogP contribution < -0.4 is 4.90 Å². The highest BCUT2D eigenvalue weighted by Crippen LogP contribution is 2.46. The number of benzene rings is 10. The zero-order chi connectivity index (χ0) is 40.7. The Morgan fingerprint density at radius 2 is 0.935 bits per heavy atom. The van der Waals surface area contributed by atoms with E-state index in [1.807, 2.05) is 23.5 Å². The van der Waals surface area contributed by atoms with Crippen LogP contribution in [0.4, 0.5) is 17.1 Å². The number of hydrogen-bond donors (Lipinski definition) is 0. The minimum Gasteiger partial charge on any atom is -0.456 e. The molecule has 0 bridgehead atoms. The number of hydrogen-bond acceptors (Lipinski definition) is 4. The average molecular weight is 810 g/mol. The first-order valence-corrected chi connectivity index (χ1v) is 21.8. The topological polar surface area (TPSA) is 29.5 Å². The summed E-state index contributed by atoms with van der Waals surface area (Å²) in [6, 6.07) is 76.2. The highest BCUT2D eigenvalue weighted by molar-refractivity contribution is 7.26. The second kappa shape index (κ2) is 13.8. The van der Waals surface area contributed by atoms with Gasteiger partial charge in [0.1, 0.15) is 22.3 Å². The van der Waals surface area contributed by atoms with Crippen molar-refractivity contribution < 1.29 is 8.83 Å². The van der Waals surface area contributed by atoms with E-state index in [0.717, 1.165) is 83.2 Å². The number of furan rings is 2. The third kappa shape index (κ3) is 5.51. The number of rotatable bonds is 6. The molecule has 3 heterocycles. The van der Waals surface area contributed by atoms with E-state index >= 15 is 0 Å². The van der Waals surface area contributed by atoms with Gasteiger partial charge in [-0.05, 0) is 99.8 Å². The number of nitrogens with zero attached hydrogens (tertiary/aromatic N) is 1. The minimum atomic E-state index is 0.883. The van der Waals surface area contributed by atoms with E-state index in [2.05, 4.69) is 205 Å². The monoisotopic (exact) mass is 809 g/mol. The van der Waals surface area contributed by atoms with E-state index in [0.29, 0.717) is 0 Å². The molecular formula is C58H35NO2S. The number of fused-ring (bicyclic) bond motifs is 10. The molecule has 290 valence electrons. The first-order chi connectivity index (χ1) is 30.7. The first kappa shape index (κ1) is 34.9. The molecule has 0 N–H and O–H groups in total. The number of anilines is 3. The van der Waals surface area contributed by atoms with Gasteiger partial charge in [0.05, 0.1) is 5.69 Å². The van der Waals surface area contributed by atoms with Gasteiger partial charge in [-0.2, -0.15) is 0 Å². The Labute approximate surface area is 360 Å². The van der Waals surface area contributed by atoms with Gasteiger partial charge in [-0.3, -0.25) is 0 Å². The molecule has 3 nitrogen and oxygen atoms in total. The summed E-state index contributed by atoms with van der Waals surface area (Å²) in [5.74, 6) is 0. The van der Waals surface area contributed by atoms with Crippen LogP contribution >= 0.6 is 11.3 Å². The van der Waals surface area contributed by atoms with Crippen LogP contribution in [-0.2, 0) is 0 Å². The maximum absolute atomic E-state index is 6.80. The third-order valence-corrected chi connectivity index (χ3v) is 13.7. The number of para-hydroxylation sites is 3. The maximum atomic E-state index is 6.80. The van der Waals surface area contributed by atoms with Crippen molar-refractivity contribution in [1.29, 1.82) is 0 Å². The van der Waals surface area contributed by atoms with Crippen molar-refractivity contribution in [3.05, 3.63) is 212 Å². The lowest BCUT2D eigenvalue weighted by Crippen LogP contribution is -2.11. The second-order valence-corrected chi connectivity index (χ2v) is 17.1. The molecule has 0 aliphatic carbocycles. The molecule has 0 aliphatic heterocycles. The van der Waals surface area contributed by atoms with E-state index in [4.69, 9.17) is 8.83 Å². The van der Waals surface area contributed by atoms with Crippen LogP contribution in [-0.4, -0.2) is 0 Å². The fourth-order valence-corrected chi connectivity index (χ4v) is 10.7. The van der Waals surface area contributed by atoms with Gasteiger partial charge in [-0.25, -0.2) is 0 Å². The Morgan fingerprint density at radius 3 is 1.77 bits per heavy atom. The smallest absolute Gasteiger partial charge is 0.143 e. The molecule has 0 spiro atoms. The Kier molecular flexibility index (Phi) is 7.78. The van der Waals surface area contributed by atoms with E-state index in [1.165, 1.54) is 42.1 Å². The Hall–Kier alpha value is -7.92. The van der Waals surface area contributed by atoms with Crippen molar-refractivity contribution in [1.82, 2.24) is 0 Å². The fraction of sp³-hybridized carbons (Fsp3) is 0. The molecule has 0 fully saturated rings. The van der Waals surface area contributed by atoms with Crippen LogP contribution in [0, 0.1) is 0 Å². The summed E-state index contributed by atoms with van der Waals surface area (Å²) >= 11 is 1.87. The van der Waals surface area contributed by atoms with Crippen molar-refractivity contribution in [2.75, 3.05) is 4.90 Å². The van der Waals surface area contributed by atoms with Gasteiger partial charge in [0, 0.05) is 64.2 Å². The van der Waals surface area contributed by atoms with Gasteiger partial charge in [0.2, 0.25) is 0 Å². The van der Waals surface area contributed by atoms with Gasteiger partial charge < -0.3 is 13.7 Å². The highest BCUT2D eigenvalue weighted by Gasteiger charge is 2.21. The Balaban J connectivity index is 0.960. The summed E-state index contributed by atoms with van der Waals surface area (Å²) in [7, 11) is 0. The largest absolute Gasteiger partial charge is 0.456 e. The summed E-state index contributed by atoms with van der Waals surface area (Å²) in [4.78, 5) is 2.38. The molecule has 3 aromatic heterocycles. The molecule has 0 atom stereocenters. The molecule has 62 heavy (non-hydrogen) atoms. The molecule has 0 radical (unpaired) electrons. The first-order valence-electron chi connectivity index (χ1n) is 21.0. The molecule has 0 saturated carbocycles. The van der Waals surface area contributed by atoms with Crippen LogP contribution in [0.2, 0.25) is 0 Å². The van der Waals surface area contributed by atoms with Crippen molar-refractivity contribution in [3.8, 4) is 33.4 Å². The quantitative estimate of drug-likeness (QED) is 0.168. The summed E-state index contributed by atoms with van der Waals surface area (Å²) in [5.41, 5.74) is 13.5. The molecule has 0 aliphatic rings. The molecule has 0 saturated heterocycles. The Morgan fingerprint density at radius 1 is 0.339 bits per heavy atom. The van der Waals surface area contributed by atoms with Gasteiger partial charge in [0.15, 0.2) is 0 Å². The lowest BCUT2D eigenvalue weighted by molar-refractivity contribution is 0.669. The predicted molar refractivity (Wildman–Crippen MR) is 262 cm³/mol. The predicted octanol–water partition coefficient (Wildman–Crippen LogP) is 17.5. The zero-order valence-corrected chi connectivity index (χ0v) is 34.2. The minimum absolute atomic E-state index is 0.883. The van der Waals surface area contributed by atoms with E-state index in [9.17, 15) is 0 Å². The van der Waals surface area contributed by atoms with Gasteiger partial charge in [-0.1, -0.05) is 146 Å². The van der Waals surface area contributed by atoms with Crippen LogP contribution in [0.5, 0.6) is 0 Å². The fourth-order valence-electron chi connectivity index (χ4n) is 9.49. The highest BCUT2D eigenvalue weighted by atomic mass is 32.1. The lowest BCUT2D eigenvalue weighted by Gasteiger charge is -2.28. The molecule has 10 aromatic carbocycles. The second-order valence-electron chi connectivity index (χ2n) is 16.0. The standard InChI is InChI=1S/C58H35NO2S/c1-2-12-39-34-55-51(33-38(39)11-1)49-18-10-17-48(57(49)61-55)44-13-3-6-20-52(44)59(41-28-23-36(24-29-41)40-27-32-46-45-14-4-7-21-53(45)60-54(46)35-40)42-30-25-37(26-31-42)43-16-9-19-50-47-15-5-8-22-56(47)62-58(43)50/h1-35H. The molecule has 4 heteroatoms. The number of thiophene rings is 1. The third-order valence-electron chi connectivity index (χ3n) is 12.5. The van der Waals surface area contributed by atoms with Crippen LogP contribution in [0.25, 0.3) is 108 Å². The molecule has 0 amide bonds. The molecular weight excluding hydrogens is 775 g/mol. The zero-order valence-electron chi connectivity index (χ0n) is 33.4. The van der Waals surface area contributed by atoms with Gasteiger partial charge in [0.25, 0.3) is 0 Å². The van der Waals surface area contributed by atoms with Gasteiger partial charge >= 0.3 is 0 Å². The summed E-state index contributed by atoms with van der Waals surface area (Å²) in [6.45, 7) is 0. The Bertz CT molecular complexity index is 3870. The molecule has 13 aromatic rings. The van der Waals surface area contributed by atoms with Crippen LogP contribution in [0.1, 0.15) is 0 Å². The van der Waals surface area contributed by atoms with Crippen molar-refractivity contribution >= 4 is 103 Å². The summed E-state index contributed by atoms with van der Waals surface area (Å²) < 4.78 is 15.7. The van der Waals surface area contributed by atoms with E-state index < -0.39 is 0 Å². The van der Waals surface area contributed by atoms with Crippen molar-refractivity contribution in [2.45, 2.75) is 0 Å². The lowest BCUT2D eigenvalue weighted by atomic mass is 9.98. The SMILES string of the molecule is c1ccc(N(c2ccc(-c3ccc4c(c3)oc3ccccc34)cc2)c2ccc(-c3cccc4c3sc3ccccc34)cc2)c(-c2cccc3c2oc2cc4ccccc4cc23)c1. The summed E-state index contributed by atoms with van der Waals surface area (Å²) in [5, 5.41) is 9.47.